The maximum Gasteiger partial charge on any atom is 0.224 e. The highest BCUT2D eigenvalue weighted by Crippen LogP contribution is 2.21. The standard InChI is InChI=1S/C11H11N3O/c1-15-11-8(10(12)13)6-7-4-2-3-5-9(7)14-11/h2-6H,1H3,(H3,12,13). The molecule has 2 aromatic rings. The predicted octanol–water partition coefficient (Wildman–Crippen LogP) is 1.53. The van der Waals surface area contributed by atoms with Crippen molar-refractivity contribution < 1.29 is 4.74 Å². The van der Waals surface area contributed by atoms with Gasteiger partial charge in [0.1, 0.15) is 5.84 Å². The summed E-state index contributed by atoms with van der Waals surface area (Å²) in [7, 11) is 1.52. The molecule has 0 saturated carbocycles. The topological polar surface area (TPSA) is 72.0 Å². The first-order valence-electron chi connectivity index (χ1n) is 4.50. The number of nitrogens with one attached hydrogen (secondary N) is 1. The van der Waals surface area contributed by atoms with Crippen LogP contribution in [0.4, 0.5) is 0 Å². The van der Waals surface area contributed by atoms with Gasteiger partial charge in [-0.1, -0.05) is 18.2 Å². The lowest BCUT2D eigenvalue weighted by Crippen LogP contribution is -2.13. The number of hydrogen-bond donors (Lipinski definition) is 2. The van der Waals surface area contributed by atoms with Gasteiger partial charge in [-0.25, -0.2) is 4.98 Å². The van der Waals surface area contributed by atoms with Crippen LogP contribution in [0.15, 0.2) is 30.3 Å². The van der Waals surface area contributed by atoms with Gasteiger partial charge >= 0.3 is 0 Å². The summed E-state index contributed by atoms with van der Waals surface area (Å²) in [6, 6.07) is 9.45. The first-order chi connectivity index (χ1) is 7.22. The van der Waals surface area contributed by atoms with E-state index in [1.807, 2.05) is 30.3 Å². The van der Waals surface area contributed by atoms with E-state index in [0.717, 1.165) is 10.9 Å². The summed E-state index contributed by atoms with van der Waals surface area (Å²) >= 11 is 0. The number of hydrogen-bond acceptors (Lipinski definition) is 3. The molecule has 0 unspecified atom stereocenters. The number of nitrogen functional groups attached to an aromatic ring is 1. The number of ether oxygens (including phenoxy) is 1. The molecule has 1 heterocycles. The van der Waals surface area contributed by atoms with Gasteiger partial charge < -0.3 is 10.5 Å². The van der Waals surface area contributed by atoms with Crippen molar-refractivity contribution in [3.05, 3.63) is 35.9 Å². The van der Waals surface area contributed by atoms with Crippen LogP contribution in [0.25, 0.3) is 10.9 Å². The smallest absolute Gasteiger partial charge is 0.224 e. The minimum atomic E-state index is -0.0369. The third-order valence-electron chi connectivity index (χ3n) is 2.17. The Morgan fingerprint density at radius 3 is 2.80 bits per heavy atom. The van der Waals surface area contributed by atoms with Crippen molar-refractivity contribution in [2.24, 2.45) is 5.73 Å². The van der Waals surface area contributed by atoms with Gasteiger partial charge in [0.2, 0.25) is 5.88 Å². The molecule has 4 heteroatoms. The van der Waals surface area contributed by atoms with Gasteiger partial charge in [0.25, 0.3) is 0 Å². The van der Waals surface area contributed by atoms with Gasteiger partial charge in [0.05, 0.1) is 18.2 Å². The maximum atomic E-state index is 7.41. The van der Waals surface area contributed by atoms with Gasteiger partial charge in [-0.3, -0.25) is 5.41 Å². The van der Waals surface area contributed by atoms with Crippen molar-refractivity contribution in [1.29, 1.82) is 5.41 Å². The zero-order valence-electron chi connectivity index (χ0n) is 8.32. The van der Waals surface area contributed by atoms with Crippen molar-refractivity contribution >= 4 is 16.7 Å². The van der Waals surface area contributed by atoms with Crippen LogP contribution in [0, 0.1) is 5.41 Å². The molecule has 0 atom stereocenters. The third kappa shape index (κ3) is 1.61. The second kappa shape index (κ2) is 3.57. The summed E-state index contributed by atoms with van der Waals surface area (Å²) in [5.41, 5.74) is 6.80. The molecule has 1 aromatic carbocycles. The number of methoxy groups -OCH3 is 1. The van der Waals surface area contributed by atoms with Crippen LogP contribution in [0.1, 0.15) is 5.56 Å². The van der Waals surface area contributed by atoms with E-state index in [9.17, 15) is 0 Å². The largest absolute Gasteiger partial charge is 0.480 e. The minimum Gasteiger partial charge on any atom is -0.480 e. The number of para-hydroxylation sites is 1. The zero-order valence-corrected chi connectivity index (χ0v) is 8.32. The molecule has 2 rings (SSSR count). The lowest BCUT2D eigenvalue weighted by Gasteiger charge is -2.07. The number of benzene rings is 1. The maximum absolute atomic E-state index is 7.41. The number of nitrogens with zero attached hydrogens (tertiary/aromatic N) is 1. The molecule has 15 heavy (non-hydrogen) atoms. The fraction of sp³-hybridized carbons (Fsp3) is 0.0909. The Balaban J connectivity index is 2.74. The Labute approximate surface area is 87.2 Å². The van der Waals surface area contributed by atoms with Gasteiger partial charge in [-0.05, 0) is 12.1 Å². The number of fused-ring (bicyclic) bond motifs is 1. The van der Waals surface area contributed by atoms with Gasteiger partial charge in [0, 0.05) is 5.39 Å². The minimum absolute atomic E-state index is 0.0369. The first kappa shape index (κ1) is 9.45. The van der Waals surface area contributed by atoms with Crippen molar-refractivity contribution in [3.63, 3.8) is 0 Å². The Bertz CT molecular complexity index is 522. The second-order valence-electron chi connectivity index (χ2n) is 3.15. The number of pyridine rings is 1. The Morgan fingerprint density at radius 1 is 1.40 bits per heavy atom. The van der Waals surface area contributed by atoms with E-state index in [-0.39, 0.29) is 5.84 Å². The molecule has 3 N–H and O–H groups in total. The summed E-state index contributed by atoms with van der Waals surface area (Å²) in [5, 5.41) is 8.36. The normalized spacial score (nSPS) is 10.2. The predicted molar refractivity (Wildman–Crippen MR) is 59.3 cm³/mol. The molecule has 0 spiro atoms. The van der Waals surface area contributed by atoms with Crippen LogP contribution in [0.2, 0.25) is 0 Å². The Kier molecular flexibility index (Phi) is 2.25. The zero-order chi connectivity index (χ0) is 10.8. The molecular weight excluding hydrogens is 190 g/mol. The number of rotatable bonds is 2. The van der Waals surface area contributed by atoms with Crippen molar-refractivity contribution in [3.8, 4) is 5.88 Å². The molecule has 4 nitrogen and oxygen atoms in total. The summed E-state index contributed by atoms with van der Waals surface area (Å²) in [4.78, 5) is 4.27. The number of aromatic nitrogens is 1. The molecule has 0 aliphatic rings. The SMILES string of the molecule is COc1nc2ccccc2cc1C(=N)N. The van der Waals surface area contributed by atoms with Crippen LogP contribution in [0.3, 0.4) is 0 Å². The molecular formula is C11H11N3O. The highest BCUT2D eigenvalue weighted by Gasteiger charge is 2.08. The average Bonchev–Trinajstić information content (AvgIpc) is 2.27. The lowest BCUT2D eigenvalue weighted by molar-refractivity contribution is 0.398. The van der Waals surface area contributed by atoms with E-state index < -0.39 is 0 Å². The van der Waals surface area contributed by atoms with Crippen molar-refractivity contribution in [2.75, 3.05) is 7.11 Å². The summed E-state index contributed by atoms with van der Waals surface area (Å²) in [6.45, 7) is 0. The summed E-state index contributed by atoms with van der Waals surface area (Å²) in [6.07, 6.45) is 0. The molecule has 76 valence electrons. The van der Waals surface area contributed by atoms with Crippen LogP contribution < -0.4 is 10.5 Å². The second-order valence-corrected chi connectivity index (χ2v) is 3.15. The number of nitrogens with two attached hydrogens (primary N) is 1. The van der Waals surface area contributed by atoms with E-state index in [0.29, 0.717) is 11.4 Å². The molecule has 0 aliphatic heterocycles. The third-order valence-corrected chi connectivity index (χ3v) is 2.17. The van der Waals surface area contributed by atoms with E-state index in [2.05, 4.69) is 4.98 Å². The quantitative estimate of drug-likeness (QED) is 0.571. The van der Waals surface area contributed by atoms with Crippen LogP contribution in [0.5, 0.6) is 5.88 Å². The van der Waals surface area contributed by atoms with E-state index in [1.165, 1.54) is 7.11 Å². The molecule has 0 aliphatic carbocycles. The van der Waals surface area contributed by atoms with Crippen LogP contribution in [-0.2, 0) is 0 Å². The van der Waals surface area contributed by atoms with E-state index in [4.69, 9.17) is 15.9 Å². The van der Waals surface area contributed by atoms with E-state index >= 15 is 0 Å². The molecule has 0 amide bonds. The lowest BCUT2D eigenvalue weighted by atomic mass is 10.1. The van der Waals surface area contributed by atoms with Gasteiger partial charge in [0.15, 0.2) is 0 Å². The Morgan fingerprint density at radius 2 is 2.13 bits per heavy atom. The monoisotopic (exact) mass is 201 g/mol. The van der Waals surface area contributed by atoms with E-state index in [1.54, 1.807) is 0 Å². The Hall–Kier alpha value is -2.10. The van der Waals surface area contributed by atoms with Gasteiger partial charge in [-0.15, -0.1) is 0 Å². The average molecular weight is 201 g/mol. The summed E-state index contributed by atoms with van der Waals surface area (Å²) in [5.74, 6) is 0.353. The van der Waals surface area contributed by atoms with Crippen LogP contribution in [-0.4, -0.2) is 17.9 Å². The molecule has 0 bridgehead atoms. The fourth-order valence-electron chi connectivity index (χ4n) is 1.45. The molecule has 0 fully saturated rings. The molecule has 0 radical (unpaired) electrons. The van der Waals surface area contributed by atoms with Gasteiger partial charge in [-0.2, -0.15) is 0 Å². The fourth-order valence-corrected chi connectivity index (χ4v) is 1.45. The molecule has 1 aromatic heterocycles. The number of amidine groups is 1. The highest BCUT2D eigenvalue weighted by atomic mass is 16.5. The van der Waals surface area contributed by atoms with Crippen LogP contribution >= 0.6 is 0 Å². The van der Waals surface area contributed by atoms with Crippen molar-refractivity contribution in [1.82, 2.24) is 4.98 Å². The molecule has 0 saturated heterocycles. The van der Waals surface area contributed by atoms with Crippen molar-refractivity contribution in [2.45, 2.75) is 0 Å². The summed E-state index contributed by atoms with van der Waals surface area (Å²) < 4.78 is 5.08. The first-order valence-corrected chi connectivity index (χ1v) is 4.50. The highest BCUT2D eigenvalue weighted by molar-refractivity contribution is 6.00.